The van der Waals surface area contributed by atoms with E-state index in [2.05, 4.69) is 22.7 Å². The number of likely N-dealkylation sites (N-methyl/N-ethyl adjacent to an activating group) is 1. The lowest BCUT2D eigenvalue weighted by molar-refractivity contribution is -0.124. The van der Waals surface area contributed by atoms with E-state index in [1.54, 1.807) is 17.9 Å². The Kier molecular flexibility index (Phi) is 5.82. The number of carbonyl (C=O) groups is 1. The van der Waals surface area contributed by atoms with E-state index >= 15 is 0 Å². The van der Waals surface area contributed by atoms with Gasteiger partial charge in [-0.1, -0.05) is 13.3 Å². The molecule has 1 amide bonds. The number of rotatable bonds is 4. The average Bonchev–Trinajstić information content (AvgIpc) is 2.91. The summed E-state index contributed by atoms with van der Waals surface area (Å²) in [6, 6.07) is 0.0107. The fraction of sp³-hybridized carbons (Fsp3) is 0.692. The minimum absolute atomic E-state index is 0. The molecule has 3 atom stereocenters. The molecule has 0 bridgehead atoms. The molecule has 0 radical (unpaired) electrons. The molecular weight excluding hydrogens is 264 g/mol. The first-order valence-electron chi connectivity index (χ1n) is 6.58. The third-order valence-electron chi connectivity index (χ3n) is 3.80. The lowest BCUT2D eigenvalue weighted by Gasteiger charge is -2.21. The maximum absolute atomic E-state index is 12.3. The molecule has 0 saturated heterocycles. The van der Waals surface area contributed by atoms with Crippen molar-refractivity contribution < 1.29 is 4.79 Å². The maximum atomic E-state index is 12.3. The summed E-state index contributed by atoms with van der Waals surface area (Å²) in [6.07, 6.45) is 7.12. The number of hydrogen-bond donors (Lipinski definition) is 2. The van der Waals surface area contributed by atoms with Gasteiger partial charge in [-0.15, -0.1) is 12.4 Å². The van der Waals surface area contributed by atoms with Crippen molar-refractivity contribution in [3.8, 4) is 0 Å². The highest BCUT2D eigenvalue weighted by Gasteiger charge is 2.28. The summed E-state index contributed by atoms with van der Waals surface area (Å²) >= 11 is 0. The second kappa shape index (κ2) is 6.91. The van der Waals surface area contributed by atoms with Crippen LogP contribution in [0.5, 0.6) is 0 Å². The first-order chi connectivity index (χ1) is 8.61. The van der Waals surface area contributed by atoms with E-state index in [9.17, 15) is 4.79 Å². The van der Waals surface area contributed by atoms with Crippen LogP contribution in [-0.2, 0) is 11.8 Å². The molecule has 3 unspecified atom stereocenters. The van der Waals surface area contributed by atoms with Crippen molar-refractivity contribution in [3.05, 3.63) is 18.0 Å². The molecule has 2 N–H and O–H groups in total. The molecule has 1 aliphatic rings. The van der Waals surface area contributed by atoms with E-state index in [1.165, 1.54) is 12.8 Å². The molecule has 1 saturated carbocycles. The average molecular weight is 287 g/mol. The fourth-order valence-electron chi connectivity index (χ4n) is 2.66. The highest BCUT2D eigenvalue weighted by Crippen LogP contribution is 2.25. The van der Waals surface area contributed by atoms with Gasteiger partial charge in [-0.05, 0) is 25.8 Å². The van der Waals surface area contributed by atoms with Gasteiger partial charge in [0.1, 0.15) is 6.04 Å². The normalized spacial score (nSPS) is 23.7. The van der Waals surface area contributed by atoms with Crippen LogP contribution in [0.15, 0.2) is 12.4 Å². The Hall–Kier alpha value is -1.07. The van der Waals surface area contributed by atoms with Crippen LogP contribution in [0, 0.1) is 5.92 Å². The monoisotopic (exact) mass is 286 g/mol. The highest BCUT2D eigenvalue weighted by molar-refractivity contribution is 5.85. The molecule has 1 fully saturated rings. The Balaban J connectivity index is 0.00000180. The number of halogens is 1. The SMILES string of the molecule is CNC(C(=O)NC1CCCC1C)c1cnn(C)c1.Cl. The summed E-state index contributed by atoms with van der Waals surface area (Å²) in [5, 5.41) is 10.3. The quantitative estimate of drug-likeness (QED) is 0.880. The molecule has 0 aliphatic heterocycles. The second-order valence-electron chi connectivity index (χ2n) is 5.19. The molecule has 0 aromatic carbocycles. The third kappa shape index (κ3) is 3.70. The molecule has 0 spiro atoms. The van der Waals surface area contributed by atoms with Crippen LogP contribution in [0.3, 0.4) is 0 Å². The van der Waals surface area contributed by atoms with Gasteiger partial charge in [0.15, 0.2) is 0 Å². The topological polar surface area (TPSA) is 59.0 Å². The molecule has 6 heteroatoms. The number of aromatic nitrogens is 2. The zero-order chi connectivity index (χ0) is 13.1. The van der Waals surface area contributed by atoms with Crippen molar-refractivity contribution in [1.82, 2.24) is 20.4 Å². The van der Waals surface area contributed by atoms with Crippen molar-refractivity contribution in [1.29, 1.82) is 0 Å². The largest absolute Gasteiger partial charge is 0.351 e. The molecule has 1 heterocycles. The van der Waals surface area contributed by atoms with Gasteiger partial charge in [0.05, 0.1) is 6.20 Å². The second-order valence-corrected chi connectivity index (χ2v) is 5.19. The molecule has 108 valence electrons. The van der Waals surface area contributed by atoms with Gasteiger partial charge in [-0.2, -0.15) is 5.10 Å². The lowest BCUT2D eigenvalue weighted by Crippen LogP contribution is -2.42. The first-order valence-corrected chi connectivity index (χ1v) is 6.58. The summed E-state index contributed by atoms with van der Waals surface area (Å²) < 4.78 is 1.71. The summed E-state index contributed by atoms with van der Waals surface area (Å²) in [5.41, 5.74) is 0.906. The number of nitrogens with zero attached hydrogens (tertiary/aromatic N) is 2. The van der Waals surface area contributed by atoms with E-state index in [-0.39, 0.29) is 24.4 Å². The van der Waals surface area contributed by atoms with Gasteiger partial charge in [0, 0.05) is 24.8 Å². The Morgan fingerprint density at radius 1 is 1.53 bits per heavy atom. The van der Waals surface area contributed by atoms with Crippen molar-refractivity contribution in [2.45, 2.75) is 38.3 Å². The Morgan fingerprint density at radius 3 is 2.74 bits per heavy atom. The van der Waals surface area contributed by atoms with Crippen LogP contribution in [0.2, 0.25) is 0 Å². The van der Waals surface area contributed by atoms with E-state index in [1.807, 2.05) is 13.2 Å². The number of aryl methyl sites for hydroxylation is 1. The molecular formula is C13H23ClN4O. The predicted octanol–water partition coefficient (Wildman–Crippen LogP) is 1.41. The predicted molar refractivity (Wildman–Crippen MR) is 77.2 cm³/mol. The Labute approximate surface area is 120 Å². The Bertz CT molecular complexity index is 421. The van der Waals surface area contributed by atoms with Crippen molar-refractivity contribution in [2.24, 2.45) is 13.0 Å². The zero-order valence-corrected chi connectivity index (χ0v) is 12.5. The summed E-state index contributed by atoms with van der Waals surface area (Å²) in [5.74, 6) is 0.629. The Morgan fingerprint density at radius 2 is 2.26 bits per heavy atom. The smallest absolute Gasteiger partial charge is 0.242 e. The van der Waals surface area contributed by atoms with Gasteiger partial charge in [0.2, 0.25) is 5.91 Å². The van der Waals surface area contributed by atoms with Crippen LogP contribution >= 0.6 is 12.4 Å². The van der Waals surface area contributed by atoms with Crippen LogP contribution in [0.1, 0.15) is 37.8 Å². The lowest BCUT2D eigenvalue weighted by atomic mass is 10.0. The molecule has 1 aromatic rings. The van der Waals surface area contributed by atoms with Crippen LogP contribution in [-0.4, -0.2) is 28.8 Å². The number of nitrogens with one attached hydrogen (secondary N) is 2. The number of carbonyl (C=O) groups excluding carboxylic acids is 1. The van der Waals surface area contributed by atoms with Crippen molar-refractivity contribution in [2.75, 3.05) is 7.05 Å². The highest BCUT2D eigenvalue weighted by atomic mass is 35.5. The molecule has 1 aromatic heterocycles. The van der Waals surface area contributed by atoms with E-state index in [0.29, 0.717) is 12.0 Å². The van der Waals surface area contributed by atoms with Crippen molar-refractivity contribution >= 4 is 18.3 Å². The summed E-state index contributed by atoms with van der Waals surface area (Å²) in [6.45, 7) is 2.20. The number of hydrogen-bond acceptors (Lipinski definition) is 3. The van der Waals surface area contributed by atoms with Crippen LogP contribution < -0.4 is 10.6 Å². The summed E-state index contributed by atoms with van der Waals surface area (Å²) in [4.78, 5) is 12.3. The minimum Gasteiger partial charge on any atom is -0.351 e. The standard InChI is InChI=1S/C13H22N4O.ClH/c1-9-5-4-6-11(9)16-13(18)12(14-2)10-7-15-17(3)8-10;/h7-9,11-12,14H,4-6H2,1-3H3,(H,16,18);1H. The van der Waals surface area contributed by atoms with E-state index < -0.39 is 0 Å². The molecule has 1 aliphatic carbocycles. The molecule has 2 rings (SSSR count). The van der Waals surface area contributed by atoms with Crippen LogP contribution in [0.4, 0.5) is 0 Å². The third-order valence-corrected chi connectivity index (χ3v) is 3.80. The summed E-state index contributed by atoms with van der Waals surface area (Å²) in [7, 11) is 3.66. The van der Waals surface area contributed by atoms with E-state index in [4.69, 9.17) is 0 Å². The number of amides is 1. The van der Waals surface area contributed by atoms with Crippen molar-refractivity contribution in [3.63, 3.8) is 0 Å². The molecule has 5 nitrogen and oxygen atoms in total. The first kappa shape index (κ1) is 16.0. The van der Waals surface area contributed by atoms with Gasteiger partial charge in [-0.25, -0.2) is 0 Å². The van der Waals surface area contributed by atoms with Gasteiger partial charge >= 0.3 is 0 Å². The van der Waals surface area contributed by atoms with Gasteiger partial charge in [0.25, 0.3) is 0 Å². The van der Waals surface area contributed by atoms with Gasteiger partial charge < -0.3 is 10.6 Å². The van der Waals surface area contributed by atoms with Gasteiger partial charge in [-0.3, -0.25) is 9.48 Å². The van der Waals surface area contributed by atoms with E-state index in [0.717, 1.165) is 12.0 Å². The zero-order valence-electron chi connectivity index (χ0n) is 11.7. The molecule has 19 heavy (non-hydrogen) atoms. The minimum atomic E-state index is -0.313. The maximum Gasteiger partial charge on any atom is 0.242 e. The fourth-order valence-corrected chi connectivity index (χ4v) is 2.66. The van der Waals surface area contributed by atoms with Crippen LogP contribution in [0.25, 0.3) is 0 Å².